The molecule has 0 saturated heterocycles. The number of para-hydroxylation sites is 1. The third kappa shape index (κ3) is 6.71. The molecule has 31 heavy (non-hydrogen) atoms. The number of aliphatic carboxylic acids is 1. The van der Waals surface area contributed by atoms with E-state index >= 15 is 0 Å². The summed E-state index contributed by atoms with van der Waals surface area (Å²) in [6.45, 7) is 2.94. The second-order valence-electron chi connectivity index (χ2n) is 7.52. The Labute approximate surface area is 182 Å². The molecule has 0 bridgehead atoms. The number of hydrogen-bond donors (Lipinski definition) is 2. The Balaban J connectivity index is 1.57. The van der Waals surface area contributed by atoms with Crippen molar-refractivity contribution in [1.29, 1.82) is 0 Å². The minimum Gasteiger partial charge on any atom is -0.488 e. The van der Waals surface area contributed by atoms with Crippen LogP contribution < -0.4 is 10.1 Å². The van der Waals surface area contributed by atoms with Crippen LogP contribution in [0.2, 0.25) is 0 Å². The first kappa shape index (κ1) is 22.1. The van der Waals surface area contributed by atoms with Gasteiger partial charge in [-0.1, -0.05) is 73.7 Å². The number of nitrogens with one attached hydrogen (secondary N) is 1. The third-order valence-corrected chi connectivity index (χ3v) is 5.11. The summed E-state index contributed by atoms with van der Waals surface area (Å²) < 4.78 is 5.92. The zero-order chi connectivity index (χ0) is 22.1. The fourth-order valence-corrected chi connectivity index (χ4v) is 3.24. The van der Waals surface area contributed by atoms with Crippen LogP contribution in [0.4, 0.5) is 0 Å². The average Bonchev–Trinajstić information content (AvgIpc) is 2.81. The Morgan fingerprint density at radius 1 is 0.903 bits per heavy atom. The number of rotatable bonds is 10. The molecule has 1 unspecified atom stereocenters. The molecule has 5 heteroatoms. The van der Waals surface area contributed by atoms with Gasteiger partial charge in [0.1, 0.15) is 12.4 Å². The minimum atomic E-state index is -0.805. The smallest absolute Gasteiger partial charge is 0.303 e. The highest BCUT2D eigenvalue weighted by Crippen LogP contribution is 2.20. The minimum absolute atomic E-state index is 0.112. The van der Waals surface area contributed by atoms with E-state index < -0.39 is 5.97 Å². The summed E-state index contributed by atoms with van der Waals surface area (Å²) >= 11 is 0. The summed E-state index contributed by atoms with van der Waals surface area (Å²) in [5.74, 6) is -0.233. The molecule has 0 saturated carbocycles. The lowest BCUT2D eigenvalue weighted by atomic mass is 10.0. The van der Waals surface area contributed by atoms with Gasteiger partial charge in [0.05, 0.1) is 5.56 Å². The maximum Gasteiger partial charge on any atom is 0.303 e. The first-order chi connectivity index (χ1) is 15.0. The Morgan fingerprint density at radius 2 is 1.55 bits per heavy atom. The van der Waals surface area contributed by atoms with Crippen LogP contribution in [0.15, 0.2) is 78.9 Å². The van der Waals surface area contributed by atoms with Gasteiger partial charge >= 0.3 is 5.97 Å². The molecule has 1 amide bonds. The van der Waals surface area contributed by atoms with Crippen molar-refractivity contribution < 1.29 is 19.4 Å². The van der Waals surface area contributed by atoms with Crippen molar-refractivity contribution in [1.82, 2.24) is 5.32 Å². The highest BCUT2D eigenvalue weighted by Gasteiger charge is 2.14. The Kier molecular flexibility index (Phi) is 7.82. The molecular weight excluding hydrogens is 390 g/mol. The standard InChI is InChI=1S/C26H27NO4/c1-19(22-7-3-2-4-8-22)17-27-26(30)23-9-5-6-10-24(23)31-18-21-13-11-20(12-14-21)15-16-25(28)29/h2-14,19H,15-18H2,1H3,(H,27,30)(H,28,29). The van der Waals surface area contributed by atoms with E-state index in [9.17, 15) is 9.59 Å². The van der Waals surface area contributed by atoms with Gasteiger partial charge in [-0.3, -0.25) is 9.59 Å². The molecular formula is C26H27NO4. The van der Waals surface area contributed by atoms with E-state index in [1.165, 1.54) is 5.56 Å². The topological polar surface area (TPSA) is 75.6 Å². The van der Waals surface area contributed by atoms with E-state index in [1.807, 2.05) is 54.6 Å². The van der Waals surface area contributed by atoms with Crippen LogP contribution in [0.5, 0.6) is 5.75 Å². The second-order valence-corrected chi connectivity index (χ2v) is 7.52. The molecule has 0 heterocycles. The summed E-state index contributed by atoms with van der Waals surface area (Å²) in [7, 11) is 0. The lowest BCUT2D eigenvalue weighted by Crippen LogP contribution is -2.27. The average molecular weight is 418 g/mol. The normalized spacial score (nSPS) is 11.5. The molecule has 160 valence electrons. The summed E-state index contributed by atoms with van der Waals surface area (Å²) in [4.78, 5) is 23.4. The number of ether oxygens (including phenoxy) is 1. The number of aryl methyl sites for hydroxylation is 1. The molecule has 0 aliphatic rings. The summed E-state index contributed by atoms with van der Waals surface area (Å²) in [6.07, 6.45) is 0.613. The molecule has 5 nitrogen and oxygen atoms in total. The molecule has 3 aromatic carbocycles. The zero-order valence-electron chi connectivity index (χ0n) is 17.6. The molecule has 0 radical (unpaired) electrons. The molecule has 0 spiro atoms. The van der Waals surface area contributed by atoms with E-state index in [1.54, 1.807) is 12.1 Å². The maximum atomic E-state index is 12.7. The van der Waals surface area contributed by atoms with E-state index in [0.717, 1.165) is 11.1 Å². The first-order valence-corrected chi connectivity index (χ1v) is 10.4. The number of carboxylic acids is 1. The monoisotopic (exact) mass is 417 g/mol. The van der Waals surface area contributed by atoms with Crippen LogP contribution in [0.1, 0.15) is 46.3 Å². The number of hydrogen-bond acceptors (Lipinski definition) is 3. The van der Waals surface area contributed by atoms with Crippen molar-refractivity contribution in [3.8, 4) is 5.75 Å². The summed E-state index contributed by atoms with van der Waals surface area (Å²) in [5, 5.41) is 11.8. The van der Waals surface area contributed by atoms with Gasteiger partial charge in [-0.2, -0.15) is 0 Å². The van der Waals surface area contributed by atoms with Crippen molar-refractivity contribution in [3.05, 3.63) is 101 Å². The van der Waals surface area contributed by atoms with Gasteiger partial charge in [0.25, 0.3) is 5.91 Å². The van der Waals surface area contributed by atoms with Crippen LogP contribution in [-0.2, 0) is 17.8 Å². The molecule has 0 aromatic heterocycles. The van der Waals surface area contributed by atoms with E-state index in [0.29, 0.717) is 30.9 Å². The lowest BCUT2D eigenvalue weighted by Gasteiger charge is -2.15. The largest absolute Gasteiger partial charge is 0.488 e. The number of carboxylic acid groups (broad SMARTS) is 1. The van der Waals surface area contributed by atoms with Gasteiger partial charge in [-0.15, -0.1) is 0 Å². The highest BCUT2D eigenvalue weighted by molar-refractivity contribution is 5.96. The number of benzene rings is 3. The molecule has 2 N–H and O–H groups in total. The predicted molar refractivity (Wildman–Crippen MR) is 120 cm³/mol. The molecule has 3 rings (SSSR count). The number of carbonyl (C=O) groups is 2. The van der Waals surface area contributed by atoms with Gasteiger partial charge < -0.3 is 15.2 Å². The molecule has 0 aliphatic heterocycles. The van der Waals surface area contributed by atoms with Gasteiger partial charge in [-0.25, -0.2) is 0 Å². The molecule has 0 aliphatic carbocycles. The van der Waals surface area contributed by atoms with Crippen LogP contribution in [0.3, 0.4) is 0 Å². The van der Waals surface area contributed by atoms with Crippen LogP contribution in [-0.4, -0.2) is 23.5 Å². The quantitative estimate of drug-likeness (QED) is 0.496. The Hall–Kier alpha value is -3.60. The van der Waals surface area contributed by atoms with Crippen molar-refractivity contribution in [2.24, 2.45) is 0 Å². The van der Waals surface area contributed by atoms with Gasteiger partial charge in [-0.05, 0) is 41.2 Å². The number of carbonyl (C=O) groups excluding carboxylic acids is 1. The highest BCUT2D eigenvalue weighted by atomic mass is 16.5. The predicted octanol–water partition coefficient (Wildman–Crippen LogP) is 4.82. The van der Waals surface area contributed by atoms with Crippen molar-refractivity contribution in [2.75, 3.05) is 6.54 Å². The maximum absolute atomic E-state index is 12.7. The lowest BCUT2D eigenvalue weighted by molar-refractivity contribution is -0.136. The van der Waals surface area contributed by atoms with Gasteiger partial charge in [0.15, 0.2) is 0 Å². The molecule has 1 atom stereocenters. The third-order valence-electron chi connectivity index (χ3n) is 5.11. The van der Waals surface area contributed by atoms with Crippen LogP contribution in [0, 0.1) is 0 Å². The summed E-state index contributed by atoms with van der Waals surface area (Å²) in [5.41, 5.74) is 3.60. The fraction of sp³-hybridized carbons (Fsp3) is 0.231. The van der Waals surface area contributed by atoms with Crippen LogP contribution in [0.25, 0.3) is 0 Å². The van der Waals surface area contributed by atoms with Gasteiger partial charge in [0, 0.05) is 13.0 Å². The van der Waals surface area contributed by atoms with E-state index in [4.69, 9.17) is 9.84 Å². The second kappa shape index (κ2) is 11.0. The van der Waals surface area contributed by atoms with Crippen molar-refractivity contribution in [3.63, 3.8) is 0 Å². The Bertz CT molecular complexity index is 999. The van der Waals surface area contributed by atoms with E-state index in [-0.39, 0.29) is 18.2 Å². The van der Waals surface area contributed by atoms with Crippen molar-refractivity contribution >= 4 is 11.9 Å². The Morgan fingerprint density at radius 3 is 2.26 bits per heavy atom. The summed E-state index contributed by atoms with van der Waals surface area (Å²) in [6, 6.07) is 24.9. The van der Waals surface area contributed by atoms with Gasteiger partial charge in [0.2, 0.25) is 0 Å². The first-order valence-electron chi connectivity index (χ1n) is 10.4. The SMILES string of the molecule is CC(CNC(=O)c1ccccc1OCc1ccc(CCC(=O)O)cc1)c1ccccc1. The molecule has 0 fully saturated rings. The number of amides is 1. The molecule has 3 aromatic rings. The zero-order valence-corrected chi connectivity index (χ0v) is 17.6. The van der Waals surface area contributed by atoms with Crippen molar-refractivity contribution in [2.45, 2.75) is 32.3 Å². The van der Waals surface area contributed by atoms with E-state index in [2.05, 4.69) is 24.4 Å². The fourth-order valence-electron chi connectivity index (χ4n) is 3.24. The van der Waals surface area contributed by atoms with Crippen LogP contribution >= 0.6 is 0 Å².